The van der Waals surface area contributed by atoms with Gasteiger partial charge in [0.15, 0.2) is 11.7 Å². The van der Waals surface area contributed by atoms with Crippen LogP contribution in [-0.4, -0.2) is 17.5 Å². The molecule has 4 rings (SSSR count). The van der Waals surface area contributed by atoms with Crippen LogP contribution in [0.4, 0.5) is 9.52 Å². The van der Waals surface area contributed by atoms with Gasteiger partial charge in [-0.25, -0.2) is 9.37 Å². The van der Waals surface area contributed by atoms with Crippen LogP contribution in [0.15, 0.2) is 78.9 Å². The highest BCUT2D eigenvalue weighted by Crippen LogP contribution is 2.30. The minimum atomic E-state index is -0.297. The van der Waals surface area contributed by atoms with Crippen molar-refractivity contribution in [3.63, 3.8) is 0 Å². The number of amides is 1. The molecule has 3 aromatic carbocycles. The Kier molecular flexibility index (Phi) is 5.86. The summed E-state index contributed by atoms with van der Waals surface area (Å²) in [6, 6.07) is 23.8. The monoisotopic (exact) mass is 418 g/mol. The maximum absolute atomic E-state index is 13.1. The number of hydrogen-bond donors (Lipinski definition) is 1. The molecule has 0 saturated carbocycles. The van der Waals surface area contributed by atoms with Crippen molar-refractivity contribution in [3.8, 4) is 28.1 Å². The fraction of sp³-hybridized carbons (Fsp3) is 0.0833. The highest BCUT2D eigenvalue weighted by molar-refractivity contribution is 7.16. The molecule has 0 bridgehead atoms. The minimum Gasteiger partial charge on any atom is -0.484 e. The van der Waals surface area contributed by atoms with Crippen LogP contribution in [0.5, 0.6) is 5.75 Å². The van der Waals surface area contributed by atoms with Crippen LogP contribution in [0.2, 0.25) is 0 Å². The first-order valence-corrected chi connectivity index (χ1v) is 10.2. The van der Waals surface area contributed by atoms with Crippen molar-refractivity contribution in [1.82, 2.24) is 4.98 Å². The number of hydrogen-bond acceptors (Lipinski definition) is 4. The summed E-state index contributed by atoms with van der Waals surface area (Å²) < 4.78 is 18.7. The van der Waals surface area contributed by atoms with Crippen molar-refractivity contribution in [2.45, 2.75) is 6.92 Å². The second-order valence-corrected chi connectivity index (χ2v) is 7.86. The fourth-order valence-corrected chi connectivity index (χ4v) is 3.86. The highest BCUT2D eigenvalue weighted by Gasteiger charge is 2.13. The van der Waals surface area contributed by atoms with Gasteiger partial charge in [-0.1, -0.05) is 42.5 Å². The van der Waals surface area contributed by atoms with Gasteiger partial charge in [0.25, 0.3) is 5.91 Å². The molecule has 0 aliphatic rings. The van der Waals surface area contributed by atoms with Gasteiger partial charge in [0, 0.05) is 10.4 Å². The van der Waals surface area contributed by atoms with Crippen molar-refractivity contribution >= 4 is 22.4 Å². The Hall–Kier alpha value is -3.51. The molecule has 0 spiro atoms. The van der Waals surface area contributed by atoms with E-state index in [4.69, 9.17) is 4.74 Å². The number of nitrogens with one attached hydrogen (secondary N) is 1. The average Bonchev–Trinajstić information content (AvgIpc) is 3.13. The number of carbonyl (C=O) groups is 1. The Bertz CT molecular complexity index is 1140. The topological polar surface area (TPSA) is 51.2 Å². The van der Waals surface area contributed by atoms with Crippen LogP contribution in [0.3, 0.4) is 0 Å². The molecule has 4 aromatic rings. The number of thiazole rings is 1. The third-order valence-corrected chi connectivity index (χ3v) is 5.38. The van der Waals surface area contributed by atoms with E-state index in [1.165, 1.54) is 23.5 Å². The van der Waals surface area contributed by atoms with E-state index < -0.39 is 0 Å². The molecule has 0 saturated heterocycles. The lowest BCUT2D eigenvalue weighted by Crippen LogP contribution is -2.20. The van der Waals surface area contributed by atoms with E-state index in [0.29, 0.717) is 10.9 Å². The molecule has 4 nitrogen and oxygen atoms in total. The first-order chi connectivity index (χ1) is 14.6. The molecule has 1 aromatic heterocycles. The Balaban J connectivity index is 1.35. The molecule has 0 atom stereocenters. The summed E-state index contributed by atoms with van der Waals surface area (Å²) in [6.45, 7) is 1.80. The second-order valence-electron chi connectivity index (χ2n) is 6.66. The first-order valence-electron chi connectivity index (χ1n) is 9.40. The second kappa shape index (κ2) is 8.88. The zero-order valence-corrected chi connectivity index (χ0v) is 17.1. The van der Waals surface area contributed by atoms with Gasteiger partial charge in [-0.15, -0.1) is 11.3 Å². The zero-order valence-electron chi connectivity index (χ0n) is 16.3. The lowest BCUT2D eigenvalue weighted by atomic mass is 10.1. The molecule has 30 heavy (non-hydrogen) atoms. The summed E-state index contributed by atoms with van der Waals surface area (Å²) in [5.41, 5.74) is 3.74. The number of benzene rings is 3. The van der Waals surface area contributed by atoms with E-state index in [1.807, 2.05) is 61.5 Å². The van der Waals surface area contributed by atoms with Gasteiger partial charge in [-0.05, 0) is 54.4 Å². The number of aromatic nitrogens is 1. The Morgan fingerprint density at radius 1 is 0.933 bits per heavy atom. The van der Waals surface area contributed by atoms with E-state index in [9.17, 15) is 9.18 Å². The molecule has 6 heteroatoms. The van der Waals surface area contributed by atoms with Gasteiger partial charge in [0.2, 0.25) is 0 Å². The normalized spacial score (nSPS) is 10.6. The van der Waals surface area contributed by atoms with Crippen molar-refractivity contribution < 1.29 is 13.9 Å². The fourth-order valence-electron chi connectivity index (χ4n) is 3.00. The van der Waals surface area contributed by atoms with E-state index >= 15 is 0 Å². The van der Waals surface area contributed by atoms with Crippen molar-refractivity contribution in [3.05, 3.63) is 89.6 Å². The van der Waals surface area contributed by atoms with Crippen LogP contribution in [0.25, 0.3) is 22.4 Å². The molecule has 150 valence electrons. The number of anilines is 1. The molecule has 0 unspecified atom stereocenters. The zero-order chi connectivity index (χ0) is 20.9. The summed E-state index contributed by atoms with van der Waals surface area (Å²) in [7, 11) is 0. The number of aryl methyl sites for hydroxylation is 1. The van der Waals surface area contributed by atoms with Crippen molar-refractivity contribution in [1.29, 1.82) is 0 Å². The summed E-state index contributed by atoms with van der Waals surface area (Å²) >= 11 is 1.37. The van der Waals surface area contributed by atoms with Crippen LogP contribution in [-0.2, 0) is 4.79 Å². The SMILES string of the molecule is Cc1sc(NC(=O)COc2ccc(-c3ccccc3)cc2)nc1-c1ccc(F)cc1. The minimum absolute atomic E-state index is 0.116. The average molecular weight is 418 g/mol. The lowest BCUT2D eigenvalue weighted by Gasteiger charge is -2.07. The molecule has 1 heterocycles. The molecular formula is C24H19FN2O2S. The maximum atomic E-state index is 13.1. The summed E-state index contributed by atoms with van der Waals surface area (Å²) in [6.07, 6.45) is 0. The van der Waals surface area contributed by atoms with Gasteiger partial charge in [0.1, 0.15) is 11.6 Å². The first kappa shape index (κ1) is 19.8. The molecule has 1 amide bonds. The molecule has 0 aliphatic heterocycles. The van der Waals surface area contributed by atoms with Gasteiger partial charge in [-0.2, -0.15) is 0 Å². The van der Waals surface area contributed by atoms with Crippen LogP contribution >= 0.6 is 11.3 Å². The van der Waals surface area contributed by atoms with Crippen LogP contribution in [0, 0.1) is 12.7 Å². The van der Waals surface area contributed by atoms with E-state index in [0.717, 1.165) is 27.3 Å². The summed E-state index contributed by atoms with van der Waals surface area (Å²) in [5, 5.41) is 3.25. The molecular weight excluding hydrogens is 399 g/mol. The van der Waals surface area contributed by atoms with E-state index in [-0.39, 0.29) is 18.3 Å². The smallest absolute Gasteiger partial charge is 0.264 e. The number of ether oxygens (including phenoxy) is 1. The number of nitrogens with zero attached hydrogens (tertiary/aromatic N) is 1. The lowest BCUT2D eigenvalue weighted by molar-refractivity contribution is -0.118. The molecule has 0 aliphatic carbocycles. The molecule has 0 fully saturated rings. The van der Waals surface area contributed by atoms with Crippen molar-refractivity contribution in [2.75, 3.05) is 11.9 Å². The predicted molar refractivity (Wildman–Crippen MR) is 118 cm³/mol. The Labute approximate surface area is 178 Å². The summed E-state index contributed by atoms with van der Waals surface area (Å²) in [5.74, 6) is 0.0304. The maximum Gasteiger partial charge on any atom is 0.264 e. The van der Waals surface area contributed by atoms with Gasteiger partial charge in [-0.3, -0.25) is 10.1 Å². The van der Waals surface area contributed by atoms with Gasteiger partial charge < -0.3 is 4.74 Å². The van der Waals surface area contributed by atoms with Crippen LogP contribution < -0.4 is 10.1 Å². The van der Waals surface area contributed by atoms with Gasteiger partial charge >= 0.3 is 0 Å². The number of carbonyl (C=O) groups excluding carboxylic acids is 1. The van der Waals surface area contributed by atoms with E-state index in [1.54, 1.807) is 12.1 Å². The van der Waals surface area contributed by atoms with Gasteiger partial charge in [0.05, 0.1) is 5.69 Å². The molecule has 0 radical (unpaired) electrons. The Morgan fingerprint density at radius 3 is 2.27 bits per heavy atom. The largest absolute Gasteiger partial charge is 0.484 e. The van der Waals surface area contributed by atoms with Crippen molar-refractivity contribution in [2.24, 2.45) is 0 Å². The standard InChI is InChI=1S/C24H19FN2O2S/c1-16-23(19-7-11-20(25)12-8-19)27-24(30-16)26-22(28)15-29-21-13-9-18(10-14-21)17-5-3-2-4-6-17/h2-14H,15H2,1H3,(H,26,27,28). The Morgan fingerprint density at radius 2 is 1.57 bits per heavy atom. The van der Waals surface area contributed by atoms with Crippen LogP contribution in [0.1, 0.15) is 4.88 Å². The summed E-state index contributed by atoms with van der Waals surface area (Å²) in [4.78, 5) is 17.7. The highest BCUT2D eigenvalue weighted by atomic mass is 32.1. The third kappa shape index (κ3) is 4.72. The van der Waals surface area contributed by atoms with E-state index in [2.05, 4.69) is 10.3 Å². The number of halogens is 1. The third-order valence-electron chi connectivity index (χ3n) is 4.49. The predicted octanol–water partition coefficient (Wildman–Crippen LogP) is 5.94. The quantitative estimate of drug-likeness (QED) is 0.421. The number of rotatable bonds is 6. The molecule has 1 N–H and O–H groups in total.